The molecule has 0 bridgehead atoms. The first-order valence-corrected chi connectivity index (χ1v) is 7.16. The highest BCUT2D eigenvalue weighted by Gasteiger charge is 2.42. The molecule has 2 fully saturated rings. The molecule has 1 heterocycles. The van der Waals surface area contributed by atoms with Crippen LogP contribution in [0.15, 0.2) is 24.3 Å². The van der Waals surface area contributed by atoms with Crippen LogP contribution in [0, 0.1) is 0 Å². The standard InChI is InChI=1S/C16H23NO/c1-18-16(8-9-16)11-13-4-6-14(7-5-13)15-3-2-10-17-12-15/h4-7,15,17H,2-3,8-12H2,1H3. The number of piperidine rings is 1. The Labute approximate surface area is 110 Å². The minimum Gasteiger partial charge on any atom is -0.378 e. The van der Waals surface area contributed by atoms with Crippen LogP contribution in [0.25, 0.3) is 0 Å². The average molecular weight is 245 g/mol. The van der Waals surface area contributed by atoms with Crippen molar-refractivity contribution in [2.75, 3.05) is 20.2 Å². The summed E-state index contributed by atoms with van der Waals surface area (Å²) in [6.07, 6.45) is 6.15. The van der Waals surface area contributed by atoms with E-state index in [2.05, 4.69) is 29.6 Å². The molecule has 3 rings (SSSR count). The summed E-state index contributed by atoms with van der Waals surface area (Å²) < 4.78 is 5.59. The van der Waals surface area contributed by atoms with Crippen LogP contribution in [0.2, 0.25) is 0 Å². The van der Waals surface area contributed by atoms with E-state index in [9.17, 15) is 0 Å². The molecule has 0 amide bonds. The molecule has 1 aromatic carbocycles. The fourth-order valence-corrected chi connectivity index (χ4v) is 3.01. The highest BCUT2D eigenvalue weighted by molar-refractivity contribution is 5.28. The molecule has 1 saturated heterocycles. The van der Waals surface area contributed by atoms with Crippen LogP contribution in [0.4, 0.5) is 0 Å². The quantitative estimate of drug-likeness (QED) is 0.880. The van der Waals surface area contributed by atoms with Crippen molar-refractivity contribution in [3.05, 3.63) is 35.4 Å². The van der Waals surface area contributed by atoms with E-state index in [0.29, 0.717) is 5.92 Å². The van der Waals surface area contributed by atoms with Crippen molar-refractivity contribution in [3.8, 4) is 0 Å². The van der Waals surface area contributed by atoms with Crippen molar-refractivity contribution in [1.29, 1.82) is 0 Å². The van der Waals surface area contributed by atoms with Gasteiger partial charge in [-0.2, -0.15) is 0 Å². The van der Waals surface area contributed by atoms with E-state index in [1.54, 1.807) is 0 Å². The zero-order valence-corrected chi connectivity index (χ0v) is 11.2. The summed E-state index contributed by atoms with van der Waals surface area (Å²) in [5.74, 6) is 0.713. The Morgan fingerprint density at radius 1 is 1.28 bits per heavy atom. The average Bonchev–Trinajstić information content (AvgIpc) is 3.21. The van der Waals surface area contributed by atoms with E-state index < -0.39 is 0 Å². The fraction of sp³-hybridized carbons (Fsp3) is 0.625. The molecular weight excluding hydrogens is 222 g/mol. The van der Waals surface area contributed by atoms with Gasteiger partial charge >= 0.3 is 0 Å². The zero-order chi connectivity index (χ0) is 12.4. The minimum absolute atomic E-state index is 0.175. The van der Waals surface area contributed by atoms with Crippen molar-refractivity contribution in [3.63, 3.8) is 0 Å². The summed E-state index contributed by atoms with van der Waals surface area (Å²) in [5.41, 5.74) is 3.09. The van der Waals surface area contributed by atoms with Gasteiger partial charge in [0.15, 0.2) is 0 Å². The van der Waals surface area contributed by atoms with Crippen molar-refractivity contribution in [2.24, 2.45) is 0 Å². The smallest absolute Gasteiger partial charge is 0.0721 e. The van der Waals surface area contributed by atoms with Crippen molar-refractivity contribution >= 4 is 0 Å². The lowest BCUT2D eigenvalue weighted by molar-refractivity contribution is 0.0807. The summed E-state index contributed by atoms with van der Waals surface area (Å²) in [6.45, 7) is 2.33. The second-order valence-electron chi connectivity index (χ2n) is 5.85. The predicted octanol–water partition coefficient (Wildman–Crippen LogP) is 2.88. The maximum atomic E-state index is 5.59. The van der Waals surface area contributed by atoms with Gasteiger partial charge in [0.1, 0.15) is 0 Å². The highest BCUT2D eigenvalue weighted by Crippen LogP contribution is 2.41. The van der Waals surface area contributed by atoms with Crippen molar-refractivity contribution in [1.82, 2.24) is 5.32 Å². The fourth-order valence-electron chi connectivity index (χ4n) is 3.01. The number of rotatable bonds is 4. The molecule has 18 heavy (non-hydrogen) atoms. The topological polar surface area (TPSA) is 21.3 Å². The molecule has 1 aliphatic heterocycles. The van der Waals surface area contributed by atoms with Gasteiger partial charge in [-0.3, -0.25) is 0 Å². The molecule has 1 aliphatic carbocycles. The first kappa shape index (κ1) is 12.2. The number of methoxy groups -OCH3 is 1. The molecule has 98 valence electrons. The summed E-state index contributed by atoms with van der Waals surface area (Å²) in [6, 6.07) is 9.23. The Kier molecular flexibility index (Phi) is 3.40. The monoisotopic (exact) mass is 245 g/mol. The van der Waals surface area contributed by atoms with Gasteiger partial charge in [-0.1, -0.05) is 24.3 Å². The van der Waals surface area contributed by atoms with Gasteiger partial charge in [-0.25, -0.2) is 0 Å². The van der Waals surface area contributed by atoms with Gasteiger partial charge < -0.3 is 10.1 Å². The lowest BCUT2D eigenvalue weighted by atomic mass is 9.90. The number of hydrogen-bond acceptors (Lipinski definition) is 2. The molecule has 1 unspecified atom stereocenters. The maximum Gasteiger partial charge on any atom is 0.0721 e. The molecule has 2 heteroatoms. The normalized spacial score (nSPS) is 25.9. The van der Waals surface area contributed by atoms with Crippen LogP contribution < -0.4 is 5.32 Å². The van der Waals surface area contributed by atoms with Crippen LogP contribution in [0.1, 0.15) is 42.7 Å². The van der Waals surface area contributed by atoms with E-state index in [1.807, 2.05) is 7.11 Å². The predicted molar refractivity (Wildman–Crippen MR) is 74.0 cm³/mol. The Bertz CT molecular complexity index is 388. The SMILES string of the molecule is COC1(Cc2ccc(C3CCCNC3)cc2)CC1. The molecule has 2 aliphatic rings. The van der Waals surface area contributed by atoms with Crippen LogP contribution in [-0.2, 0) is 11.2 Å². The number of ether oxygens (including phenoxy) is 1. The molecule has 0 aromatic heterocycles. The van der Waals surface area contributed by atoms with Crippen LogP contribution in [0.3, 0.4) is 0 Å². The summed E-state index contributed by atoms with van der Waals surface area (Å²) in [7, 11) is 1.84. The number of nitrogens with one attached hydrogen (secondary N) is 1. The summed E-state index contributed by atoms with van der Waals surface area (Å²) in [4.78, 5) is 0. The summed E-state index contributed by atoms with van der Waals surface area (Å²) in [5, 5.41) is 3.49. The molecule has 1 saturated carbocycles. The van der Waals surface area contributed by atoms with Gasteiger partial charge in [0, 0.05) is 20.1 Å². The second-order valence-corrected chi connectivity index (χ2v) is 5.85. The second kappa shape index (κ2) is 5.02. The summed E-state index contributed by atoms with van der Waals surface area (Å²) >= 11 is 0. The maximum absolute atomic E-state index is 5.59. The van der Waals surface area contributed by atoms with Gasteiger partial charge in [-0.05, 0) is 49.3 Å². The molecule has 1 aromatic rings. The van der Waals surface area contributed by atoms with Gasteiger partial charge in [0.2, 0.25) is 0 Å². The van der Waals surface area contributed by atoms with E-state index in [-0.39, 0.29) is 5.60 Å². The Morgan fingerprint density at radius 2 is 2.06 bits per heavy atom. The third kappa shape index (κ3) is 2.60. The third-order valence-corrected chi connectivity index (χ3v) is 4.51. The molecule has 1 atom stereocenters. The van der Waals surface area contributed by atoms with Gasteiger partial charge in [0.05, 0.1) is 5.60 Å². The van der Waals surface area contributed by atoms with Gasteiger partial charge in [0.25, 0.3) is 0 Å². The first-order chi connectivity index (χ1) is 8.81. The van der Waals surface area contributed by atoms with Crippen molar-refractivity contribution < 1.29 is 4.74 Å². The van der Waals surface area contributed by atoms with E-state index in [0.717, 1.165) is 13.0 Å². The molecule has 1 N–H and O–H groups in total. The number of benzene rings is 1. The Hall–Kier alpha value is -0.860. The third-order valence-electron chi connectivity index (χ3n) is 4.51. The zero-order valence-electron chi connectivity index (χ0n) is 11.2. The lowest BCUT2D eigenvalue weighted by Crippen LogP contribution is -2.28. The molecule has 0 spiro atoms. The highest BCUT2D eigenvalue weighted by atomic mass is 16.5. The number of hydrogen-bond donors (Lipinski definition) is 1. The van der Waals surface area contributed by atoms with Crippen LogP contribution in [0.5, 0.6) is 0 Å². The Morgan fingerprint density at radius 3 is 2.61 bits per heavy atom. The lowest BCUT2D eigenvalue weighted by Gasteiger charge is -2.23. The van der Waals surface area contributed by atoms with Crippen LogP contribution in [-0.4, -0.2) is 25.8 Å². The van der Waals surface area contributed by atoms with Crippen LogP contribution >= 0.6 is 0 Å². The first-order valence-electron chi connectivity index (χ1n) is 7.16. The van der Waals surface area contributed by atoms with Crippen molar-refractivity contribution in [2.45, 2.75) is 43.6 Å². The molecule has 2 nitrogen and oxygen atoms in total. The molecular formula is C16H23NO. The molecule has 0 radical (unpaired) electrons. The largest absolute Gasteiger partial charge is 0.378 e. The van der Waals surface area contributed by atoms with E-state index in [1.165, 1.54) is 43.4 Å². The van der Waals surface area contributed by atoms with E-state index >= 15 is 0 Å². The van der Waals surface area contributed by atoms with Gasteiger partial charge in [-0.15, -0.1) is 0 Å². The Balaban J connectivity index is 1.65. The minimum atomic E-state index is 0.175. The van der Waals surface area contributed by atoms with E-state index in [4.69, 9.17) is 4.74 Å².